The Kier molecular flexibility index (Phi) is 6.64. The maximum absolute atomic E-state index is 12.5. The third-order valence-electron chi connectivity index (χ3n) is 4.12. The molecule has 1 aromatic carbocycles. The van der Waals surface area contributed by atoms with Crippen LogP contribution >= 0.6 is 0 Å². The first kappa shape index (κ1) is 19.1. The molecule has 0 aliphatic carbocycles. The van der Waals surface area contributed by atoms with Crippen molar-refractivity contribution in [2.45, 2.75) is 13.8 Å². The van der Waals surface area contributed by atoms with Crippen molar-refractivity contribution in [3.63, 3.8) is 0 Å². The lowest BCUT2D eigenvalue weighted by atomic mass is 9.90. The van der Waals surface area contributed by atoms with Gasteiger partial charge in [-0.25, -0.2) is 0 Å². The molecule has 1 aliphatic rings. The lowest BCUT2D eigenvalue weighted by Gasteiger charge is -2.33. The molecule has 1 heterocycles. The van der Waals surface area contributed by atoms with Gasteiger partial charge in [0.1, 0.15) is 23.5 Å². The van der Waals surface area contributed by atoms with Crippen molar-refractivity contribution in [3.05, 3.63) is 24.3 Å². The van der Waals surface area contributed by atoms with Crippen LogP contribution in [0.1, 0.15) is 13.8 Å². The van der Waals surface area contributed by atoms with Gasteiger partial charge in [0.05, 0.1) is 26.9 Å². The molecule has 2 amide bonds. The highest BCUT2D eigenvalue weighted by Crippen LogP contribution is 2.20. The third-order valence-corrected chi connectivity index (χ3v) is 4.12. The molecule has 0 atom stereocenters. The molecule has 0 spiro atoms. The minimum absolute atomic E-state index is 0.177. The van der Waals surface area contributed by atoms with E-state index in [9.17, 15) is 9.59 Å². The molecule has 0 aromatic heterocycles. The number of amides is 2. The van der Waals surface area contributed by atoms with Crippen molar-refractivity contribution in [2.24, 2.45) is 5.41 Å². The summed E-state index contributed by atoms with van der Waals surface area (Å²) in [6.07, 6.45) is 0. The van der Waals surface area contributed by atoms with Crippen LogP contribution in [0.15, 0.2) is 24.3 Å². The third kappa shape index (κ3) is 5.09. The summed E-state index contributed by atoms with van der Waals surface area (Å²) >= 11 is 0. The van der Waals surface area contributed by atoms with Gasteiger partial charge in [-0.1, -0.05) is 0 Å². The zero-order valence-electron chi connectivity index (χ0n) is 15.0. The number of methoxy groups -OCH3 is 1. The zero-order chi connectivity index (χ0) is 18.3. The molecule has 0 unspecified atom stereocenters. The van der Waals surface area contributed by atoms with Gasteiger partial charge in [-0.3, -0.25) is 9.59 Å². The van der Waals surface area contributed by atoms with Gasteiger partial charge in [-0.15, -0.1) is 0 Å². The van der Waals surface area contributed by atoms with Crippen molar-refractivity contribution in [1.82, 2.24) is 10.2 Å². The molecule has 1 fully saturated rings. The van der Waals surface area contributed by atoms with Gasteiger partial charge >= 0.3 is 0 Å². The van der Waals surface area contributed by atoms with Gasteiger partial charge in [0.15, 0.2) is 0 Å². The highest BCUT2D eigenvalue weighted by atomic mass is 16.5. The van der Waals surface area contributed by atoms with Crippen LogP contribution in [0, 0.1) is 5.41 Å². The smallest absolute Gasteiger partial charge is 0.237 e. The predicted molar refractivity (Wildman–Crippen MR) is 92.7 cm³/mol. The number of morpholine rings is 1. The summed E-state index contributed by atoms with van der Waals surface area (Å²) in [6.45, 7) is 6.00. The van der Waals surface area contributed by atoms with E-state index in [0.717, 1.165) is 5.75 Å². The monoisotopic (exact) mass is 350 g/mol. The molecule has 0 saturated carbocycles. The highest BCUT2D eigenvalue weighted by molar-refractivity contribution is 6.04. The lowest BCUT2D eigenvalue weighted by Crippen LogP contribution is -2.52. The standard InChI is InChI=1S/C18H26N2O5/c1-18(2,17(22)20-9-12-24-13-10-20)16(21)19-8-11-25-15-6-4-14(23-3)5-7-15/h4-7H,8-13H2,1-3H3,(H,19,21). The normalized spacial score (nSPS) is 14.8. The van der Waals surface area contributed by atoms with Crippen LogP contribution in [0.25, 0.3) is 0 Å². The summed E-state index contributed by atoms with van der Waals surface area (Å²) in [5, 5.41) is 2.77. The number of nitrogens with zero attached hydrogens (tertiary/aromatic N) is 1. The van der Waals surface area contributed by atoms with E-state index in [1.165, 1.54) is 0 Å². The highest BCUT2D eigenvalue weighted by Gasteiger charge is 2.39. The number of carbonyl (C=O) groups excluding carboxylic acids is 2. The molecule has 138 valence electrons. The molecule has 25 heavy (non-hydrogen) atoms. The lowest BCUT2D eigenvalue weighted by molar-refractivity contribution is -0.151. The molecule has 7 heteroatoms. The summed E-state index contributed by atoms with van der Waals surface area (Å²) in [6, 6.07) is 7.20. The summed E-state index contributed by atoms with van der Waals surface area (Å²) < 4.78 is 15.9. The van der Waals surface area contributed by atoms with Crippen LogP contribution in [0.3, 0.4) is 0 Å². The van der Waals surface area contributed by atoms with E-state index in [-0.39, 0.29) is 11.8 Å². The fraction of sp³-hybridized carbons (Fsp3) is 0.556. The Balaban J connectivity index is 1.76. The number of carbonyl (C=O) groups is 2. The summed E-state index contributed by atoms with van der Waals surface area (Å²) in [4.78, 5) is 26.6. The van der Waals surface area contributed by atoms with E-state index in [4.69, 9.17) is 14.2 Å². The van der Waals surface area contributed by atoms with E-state index >= 15 is 0 Å². The van der Waals surface area contributed by atoms with Crippen LogP contribution in [-0.2, 0) is 14.3 Å². The Morgan fingerprint density at radius 2 is 1.76 bits per heavy atom. The zero-order valence-corrected chi connectivity index (χ0v) is 15.0. The number of rotatable bonds is 7. The quantitative estimate of drug-likeness (QED) is 0.588. The fourth-order valence-corrected chi connectivity index (χ4v) is 2.49. The average Bonchev–Trinajstić information content (AvgIpc) is 2.65. The summed E-state index contributed by atoms with van der Waals surface area (Å²) in [7, 11) is 1.60. The van der Waals surface area contributed by atoms with Gasteiger partial charge in [-0.2, -0.15) is 0 Å². The first-order valence-electron chi connectivity index (χ1n) is 8.37. The van der Waals surface area contributed by atoms with Crippen molar-refractivity contribution in [3.8, 4) is 11.5 Å². The maximum Gasteiger partial charge on any atom is 0.237 e. The second kappa shape index (κ2) is 8.71. The number of benzene rings is 1. The number of nitrogens with one attached hydrogen (secondary N) is 1. The molecule has 1 aromatic rings. The molecule has 2 rings (SSSR count). The van der Waals surface area contributed by atoms with Crippen LogP contribution in [-0.4, -0.2) is 63.3 Å². The van der Waals surface area contributed by atoms with E-state index in [1.807, 2.05) is 0 Å². The van der Waals surface area contributed by atoms with Gasteiger partial charge in [-0.05, 0) is 38.1 Å². The Labute approximate surface area is 148 Å². The Hall–Kier alpha value is -2.28. The predicted octanol–water partition coefficient (Wildman–Crippen LogP) is 1.08. The van der Waals surface area contributed by atoms with Crippen molar-refractivity contribution < 1.29 is 23.8 Å². The Morgan fingerprint density at radius 3 is 2.36 bits per heavy atom. The van der Waals surface area contributed by atoms with Gasteiger partial charge in [0.2, 0.25) is 11.8 Å². The fourth-order valence-electron chi connectivity index (χ4n) is 2.49. The Bertz CT molecular complexity index is 580. The Morgan fingerprint density at radius 1 is 1.16 bits per heavy atom. The van der Waals surface area contributed by atoms with Gasteiger partial charge in [0.25, 0.3) is 0 Å². The van der Waals surface area contributed by atoms with Crippen molar-refractivity contribution >= 4 is 11.8 Å². The first-order valence-corrected chi connectivity index (χ1v) is 8.37. The SMILES string of the molecule is COc1ccc(OCCNC(=O)C(C)(C)C(=O)N2CCOCC2)cc1. The molecule has 7 nitrogen and oxygen atoms in total. The molecular weight excluding hydrogens is 324 g/mol. The minimum atomic E-state index is -1.11. The van der Waals surface area contributed by atoms with E-state index in [0.29, 0.717) is 45.2 Å². The van der Waals surface area contributed by atoms with Crippen molar-refractivity contribution in [2.75, 3.05) is 46.6 Å². The van der Waals surface area contributed by atoms with E-state index in [2.05, 4.69) is 5.32 Å². The molecule has 1 aliphatic heterocycles. The van der Waals surface area contributed by atoms with Crippen LogP contribution in [0.5, 0.6) is 11.5 Å². The minimum Gasteiger partial charge on any atom is -0.497 e. The summed E-state index contributed by atoms with van der Waals surface area (Å²) in [5.74, 6) is 0.967. The second-order valence-electron chi connectivity index (χ2n) is 6.31. The molecule has 0 bridgehead atoms. The number of ether oxygens (including phenoxy) is 3. The molecule has 1 N–H and O–H groups in total. The van der Waals surface area contributed by atoms with E-state index < -0.39 is 5.41 Å². The first-order chi connectivity index (χ1) is 11.9. The molecule has 1 saturated heterocycles. The van der Waals surface area contributed by atoms with Crippen LogP contribution < -0.4 is 14.8 Å². The molecular formula is C18H26N2O5. The number of hydrogen-bond donors (Lipinski definition) is 1. The topological polar surface area (TPSA) is 77.1 Å². The molecule has 0 radical (unpaired) electrons. The largest absolute Gasteiger partial charge is 0.497 e. The van der Waals surface area contributed by atoms with E-state index in [1.54, 1.807) is 50.1 Å². The van der Waals surface area contributed by atoms with Crippen LogP contribution in [0.4, 0.5) is 0 Å². The number of hydrogen-bond acceptors (Lipinski definition) is 5. The van der Waals surface area contributed by atoms with Gasteiger partial charge in [0, 0.05) is 13.1 Å². The van der Waals surface area contributed by atoms with Crippen molar-refractivity contribution in [1.29, 1.82) is 0 Å². The second-order valence-corrected chi connectivity index (χ2v) is 6.31. The summed E-state index contributed by atoms with van der Waals surface area (Å²) in [5.41, 5.74) is -1.11. The average molecular weight is 350 g/mol. The van der Waals surface area contributed by atoms with Gasteiger partial charge < -0.3 is 24.4 Å². The van der Waals surface area contributed by atoms with Crippen LogP contribution in [0.2, 0.25) is 0 Å². The maximum atomic E-state index is 12.5.